The monoisotopic (exact) mass is 253 g/mol. The van der Waals surface area contributed by atoms with Gasteiger partial charge < -0.3 is 11.1 Å². The van der Waals surface area contributed by atoms with Gasteiger partial charge >= 0.3 is 0 Å². The number of benzene rings is 1. The van der Waals surface area contributed by atoms with E-state index in [0.29, 0.717) is 5.69 Å². The molecule has 0 spiro atoms. The van der Waals surface area contributed by atoms with Crippen molar-refractivity contribution < 1.29 is 9.31 Å². The minimum atomic E-state index is -0.615. The van der Waals surface area contributed by atoms with Gasteiger partial charge in [-0.25, -0.2) is 4.39 Å². The topological polar surface area (TPSA) is 81.2 Å². The Balaban J connectivity index is 2.15. The van der Waals surface area contributed by atoms with Crippen LogP contribution in [0.1, 0.15) is 25.7 Å². The predicted molar refractivity (Wildman–Crippen MR) is 66.9 cm³/mol. The molecular formula is C12H16FN3O2. The molecule has 2 rings (SSSR count). The average Bonchev–Trinajstić information content (AvgIpc) is 2.31. The van der Waals surface area contributed by atoms with Crippen LogP contribution in [0, 0.1) is 15.9 Å². The normalized spacial score (nSPS) is 23.7. The summed E-state index contributed by atoms with van der Waals surface area (Å²) in [6, 6.07) is 3.58. The van der Waals surface area contributed by atoms with Crippen molar-refractivity contribution in [1.29, 1.82) is 0 Å². The van der Waals surface area contributed by atoms with Crippen molar-refractivity contribution in [3.8, 4) is 0 Å². The summed E-state index contributed by atoms with van der Waals surface area (Å²) in [5.41, 5.74) is 6.14. The van der Waals surface area contributed by atoms with Gasteiger partial charge in [0.05, 0.1) is 11.0 Å². The summed E-state index contributed by atoms with van der Waals surface area (Å²) in [5, 5.41) is 13.7. The van der Waals surface area contributed by atoms with Crippen LogP contribution in [0.15, 0.2) is 18.2 Å². The predicted octanol–water partition coefficient (Wildman–Crippen LogP) is 2.42. The molecule has 0 aliphatic heterocycles. The van der Waals surface area contributed by atoms with E-state index in [1.54, 1.807) is 0 Å². The van der Waals surface area contributed by atoms with Crippen LogP contribution >= 0.6 is 0 Å². The number of nitrogens with two attached hydrogens (primary N) is 1. The van der Waals surface area contributed by atoms with E-state index in [-0.39, 0.29) is 17.8 Å². The third-order valence-electron chi connectivity index (χ3n) is 3.26. The number of nitrogens with zero attached hydrogens (tertiary/aromatic N) is 1. The molecule has 1 fully saturated rings. The largest absolute Gasteiger partial charge is 0.380 e. The van der Waals surface area contributed by atoms with E-state index in [9.17, 15) is 14.5 Å². The lowest BCUT2D eigenvalue weighted by molar-refractivity contribution is -0.385. The zero-order valence-corrected chi connectivity index (χ0v) is 9.93. The highest BCUT2D eigenvalue weighted by Crippen LogP contribution is 2.24. The summed E-state index contributed by atoms with van der Waals surface area (Å²) >= 11 is 0. The maximum atomic E-state index is 13.3. The van der Waals surface area contributed by atoms with Crippen LogP contribution in [0.2, 0.25) is 0 Å². The van der Waals surface area contributed by atoms with E-state index in [0.717, 1.165) is 31.7 Å². The molecule has 1 aromatic carbocycles. The maximum absolute atomic E-state index is 13.3. The molecular weight excluding hydrogens is 237 g/mol. The number of hydrogen-bond acceptors (Lipinski definition) is 4. The Bertz CT molecular complexity index is 453. The second-order valence-electron chi connectivity index (χ2n) is 4.65. The first kappa shape index (κ1) is 12.8. The van der Waals surface area contributed by atoms with Gasteiger partial charge in [0.2, 0.25) is 0 Å². The maximum Gasteiger partial charge on any atom is 0.274 e. The molecule has 0 aromatic heterocycles. The molecule has 0 amide bonds. The molecule has 6 heteroatoms. The average molecular weight is 253 g/mol. The van der Waals surface area contributed by atoms with Gasteiger partial charge in [0.15, 0.2) is 0 Å². The zero-order chi connectivity index (χ0) is 13.1. The van der Waals surface area contributed by atoms with Crippen molar-refractivity contribution in [3.05, 3.63) is 34.1 Å². The molecule has 98 valence electrons. The SMILES string of the molecule is N[C@@H]1CCCC[C@H]1Nc1cc(F)cc([N+](=O)[O-])c1. The van der Waals surface area contributed by atoms with Crippen molar-refractivity contribution in [2.45, 2.75) is 37.8 Å². The van der Waals surface area contributed by atoms with Gasteiger partial charge in [-0.15, -0.1) is 0 Å². The van der Waals surface area contributed by atoms with Crippen molar-refractivity contribution >= 4 is 11.4 Å². The van der Waals surface area contributed by atoms with Crippen molar-refractivity contribution in [2.24, 2.45) is 5.73 Å². The number of rotatable bonds is 3. The lowest BCUT2D eigenvalue weighted by Gasteiger charge is -2.30. The highest BCUT2D eigenvalue weighted by Gasteiger charge is 2.22. The lowest BCUT2D eigenvalue weighted by atomic mass is 9.91. The quantitative estimate of drug-likeness (QED) is 0.640. The molecule has 5 nitrogen and oxygen atoms in total. The third kappa shape index (κ3) is 2.95. The summed E-state index contributed by atoms with van der Waals surface area (Å²) < 4.78 is 13.3. The van der Waals surface area contributed by atoms with Gasteiger partial charge in [0, 0.05) is 23.8 Å². The molecule has 0 bridgehead atoms. The van der Waals surface area contributed by atoms with Crippen LogP contribution in [0.3, 0.4) is 0 Å². The fraction of sp³-hybridized carbons (Fsp3) is 0.500. The Labute approximate surface area is 104 Å². The summed E-state index contributed by atoms with van der Waals surface area (Å²) in [6.45, 7) is 0. The summed E-state index contributed by atoms with van der Waals surface area (Å²) in [5.74, 6) is -0.615. The molecule has 0 saturated heterocycles. The molecule has 0 radical (unpaired) electrons. The standard InChI is InChI=1S/C12H16FN3O2/c13-8-5-9(7-10(6-8)16(17)18)15-12-4-2-1-3-11(12)14/h5-7,11-12,15H,1-4,14H2/t11-,12-/m1/s1. The Morgan fingerprint density at radius 3 is 2.72 bits per heavy atom. The molecule has 0 unspecified atom stereocenters. The van der Waals surface area contributed by atoms with E-state index in [2.05, 4.69) is 5.32 Å². The molecule has 2 atom stereocenters. The van der Waals surface area contributed by atoms with Crippen LogP contribution < -0.4 is 11.1 Å². The molecule has 0 heterocycles. The van der Waals surface area contributed by atoms with Crippen LogP contribution in [0.4, 0.5) is 15.8 Å². The summed E-state index contributed by atoms with van der Waals surface area (Å²) in [6.07, 6.45) is 4.01. The van der Waals surface area contributed by atoms with Gasteiger partial charge in [0.1, 0.15) is 5.82 Å². The summed E-state index contributed by atoms with van der Waals surface area (Å²) in [4.78, 5) is 10.0. The minimum Gasteiger partial charge on any atom is -0.380 e. The van der Waals surface area contributed by atoms with Crippen molar-refractivity contribution in [2.75, 3.05) is 5.32 Å². The van der Waals surface area contributed by atoms with Gasteiger partial charge in [-0.2, -0.15) is 0 Å². The van der Waals surface area contributed by atoms with Crippen molar-refractivity contribution in [3.63, 3.8) is 0 Å². The van der Waals surface area contributed by atoms with Crippen LogP contribution in [0.5, 0.6) is 0 Å². The van der Waals surface area contributed by atoms with E-state index >= 15 is 0 Å². The minimum absolute atomic E-state index is 0.0149. The summed E-state index contributed by atoms with van der Waals surface area (Å²) in [7, 11) is 0. The Hall–Kier alpha value is -1.69. The second-order valence-corrected chi connectivity index (χ2v) is 4.65. The highest BCUT2D eigenvalue weighted by molar-refractivity contribution is 5.52. The van der Waals surface area contributed by atoms with E-state index in [1.165, 1.54) is 12.1 Å². The Kier molecular flexibility index (Phi) is 3.76. The van der Waals surface area contributed by atoms with Gasteiger partial charge in [-0.05, 0) is 18.9 Å². The number of halogens is 1. The number of non-ortho nitro benzene ring substituents is 1. The number of hydrogen-bond donors (Lipinski definition) is 2. The fourth-order valence-corrected chi connectivity index (χ4v) is 2.32. The Morgan fingerprint density at radius 2 is 2.06 bits per heavy atom. The zero-order valence-electron chi connectivity index (χ0n) is 9.93. The smallest absolute Gasteiger partial charge is 0.274 e. The van der Waals surface area contributed by atoms with Gasteiger partial charge in [-0.1, -0.05) is 12.8 Å². The number of anilines is 1. The Morgan fingerprint density at radius 1 is 1.33 bits per heavy atom. The second kappa shape index (κ2) is 5.30. The first-order valence-electron chi connectivity index (χ1n) is 6.03. The van der Waals surface area contributed by atoms with Crippen LogP contribution in [-0.4, -0.2) is 17.0 Å². The van der Waals surface area contributed by atoms with Crippen molar-refractivity contribution in [1.82, 2.24) is 0 Å². The van der Waals surface area contributed by atoms with Gasteiger partial charge in [-0.3, -0.25) is 10.1 Å². The molecule has 1 saturated carbocycles. The number of nitrogens with one attached hydrogen (secondary N) is 1. The lowest BCUT2D eigenvalue weighted by Crippen LogP contribution is -2.42. The van der Waals surface area contributed by atoms with E-state index < -0.39 is 10.7 Å². The molecule has 1 aliphatic rings. The molecule has 3 N–H and O–H groups in total. The number of nitro groups is 1. The van der Waals surface area contributed by atoms with Crippen LogP contribution in [0.25, 0.3) is 0 Å². The fourth-order valence-electron chi connectivity index (χ4n) is 2.32. The molecule has 1 aliphatic carbocycles. The first-order chi connectivity index (χ1) is 8.56. The van der Waals surface area contributed by atoms with E-state index in [4.69, 9.17) is 5.73 Å². The number of nitro benzene ring substituents is 1. The van der Waals surface area contributed by atoms with Crippen LogP contribution in [-0.2, 0) is 0 Å². The van der Waals surface area contributed by atoms with Gasteiger partial charge in [0.25, 0.3) is 5.69 Å². The van der Waals surface area contributed by atoms with E-state index in [1.807, 2.05) is 0 Å². The third-order valence-corrected chi connectivity index (χ3v) is 3.26. The highest BCUT2D eigenvalue weighted by atomic mass is 19.1. The molecule has 18 heavy (non-hydrogen) atoms. The molecule has 1 aromatic rings. The first-order valence-corrected chi connectivity index (χ1v) is 6.03.